The van der Waals surface area contributed by atoms with E-state index in [0.717, 1.165) is 6.08 Å². The quantitative estimate of drug-likeness (QED) is 0.814. The van der Waals surface area contributed by atoms with Crippen molar-refractivity contribution in [3.63, 3.8) is 0 Å². The van der Waals surface area contributed by atoms with E-state index in [1.807, 2.05) is 27.7 Å². The summed E-state index contributed by atoms with van der Waals surface area (Å²) in [6, 6.07) is 4.60. The molecule has 22 heavy (non-hydrogen) atoms. The van der Waals surface area contributed by atoms with Crippen LogP contribution in [0.3, 0.4) is 0 Å². The number of carboxylic acids is 1. The van der Waals surface area contributed by atoms with Crippen LogP contribution in [0, 0.1) is 0 Å². The first-order chi connectivity index (χ1) is 10.0. The van der Waals surface area contributed by atoms with Crippen LogP contribution >= 0.6 is 15.9 Å². The minimum atomic E-state index is -1.14. The van der Waals surface area contributed by atoms with Crippen molar-refractivity contribution in [2.24, 2.45) is 0 Å². The summed E-state index contributed by atoms with van der Waals surface area (Å²) in [6.07, 6.45) is 1.14. The van der Waals surface area contributed by atoms with Crippen molar-refractivity contribution in [1.82, 2.24) is 0 Å². The average Bonchev–Trinajstić information content (AvgIpc) is 2.60. The molecule has 7 heteroatoms. The van der Waals surface area contributed by atoms with Crippen molar-refractivity contribution >= 4 is 35.1 Å². The first-order valence-corrected chi connectivity index (χ1v) is 7.58. The van der Waals surface area contributed by atoms with Crippen LogP contribution in [0.2, 0.25) is 0 Å². The number of hydrogen-bond acceptors (Lipinski definition) is 3. The van der Waals surface area contributed by atoms with E-state index >= 15 is 0 Å². The van der Waals surface area contributed by atoms with Gasteiger partial charge in [-0.15, -0.1) is 0 Å². The van der Waals surface area contributed by atoms with Gasteiger partial charge in [-0.05, 0) is 51.5 Å². The lowest BCUT2D eigenvalue weighted by Crippen LogP contribution is -2.41. The molecule has 0 saturated carbocycles. The van der Waals surface area contributed by atoms with Gasteiger partial charge in [0.15, 0.2) is 0 Å². The van der Waals surface area contributed by atoms with E-state index in [1.165, 1.54) is 12.1 Å². The smallest absolute Gasteiger partial charge is 0.478 e. The van der Waals surface area contributed by atoms with Crippen molar-refractivity contribution in [1.29, 1.82) is 0 Å². The third kappa shape index (κ3) is 3.26. The van der Waals surface area contributed by atoms with Crippen molar-refractivity contribution in [2.45, 2.75) is 38.9 Å². The highest BCUT2D eigenvalue weighted by Crippen LogP contribution is 2.39. The molecule has 0 aromatic heterocycles. The second-order valence-corrected chi connectivity index (χ2v) is 7.07. The van der Waals surface area contributed by atoms with Gasteiger partial charge in [-0.1, -0.05) is 22.0 Å². The molecule has 1 aliphatic rings. The second kappa shape index (κ2) is 5.79. The number of rotatable bonds is 3. The summed E-state index contributed by atoms with van der Waals surface area (Å²) in [5.41, 5.74) is -1.72. The zero-order valence-electron chi connectivity index (χ0n) is 12.8. The molecule has 118 valence electrons. The van der Waals surface area contributed by atoms with Crippen molar-refractivity contribution in [3.8, 4) is 0 Å². The topological polar surface area (TPSA) is 55.8 Å². The third-order valence-electron chi connectivity index (χ3n) is 4.02. The standard InChI is InChI=1S/C15H17BBrFO4/c1-14(2)15(3,4)22-16(21-14)12(18)7-9-5-6-10(17)8-11(9)13(19)20/h5-8H,1-4H3,(H,19,20). The van der Waals surface area contributed by atoms with Gasteiger partial charge in [-0.2, -0.15) is 0 Å². The largest absolute Gasteiger partial charge is 0.525 e. The zero-order valence-corrected chi connectivity index (χ0v) is 14.4. The van der Waals surface area contributed by atoms with Gasteiger partial charge in [-0.3, -0.25) is 0 Å². The lowest BCUT2D eigenvalue weighted by Gasteiger charge is -2.32. The summed E-state index contributed by atoms with van der Waals surface area (Å²) in [5.74, 6) is -1.13. The summed E-state index contributed by atoms with van der Waals surface area (Å²) in [7, 11) is -1.14. The van der Waals surface area contributed by atoms with Gasteiger partial charge in [0.25, 0.3) is 0 Å². The number of halogens is 2. The van der Waals surface area contributed by atoms with E-state index in [9.17, 15) is 14.3 Å². The van der Waals surface area contributed by atoms with Crippen LogP contribution in [0.4, 0.5) is 4.39 Å². The van der Waals surface area contributed by atoms with Crippen LogP contribution in [-0.2, 0) is 9.31 Å². The molecule has 0 atom stereocenters. The first-order valence-electron chi connectivity index (χ1n) is 6.79. The molecule has 1 aromatic rings. The normalized spacial score (nSPS) is 20.3. The molecule has 1 aromatic carbocycles. The van der Waals surface area contributed by atoms with Crippen LogP contribution in [0.15, 0.2) is 28.4 Å². The Kier molecular flexibility index (Phi) is 4.52. The first kappa shape index (κ1) is 17.2. The Bertz CT molecular complexity index is 626. The van der Waals surface area contributed by atoms with Crippen molar-refractivity contribution in [3.05, 3.63) is 39.5 Å². The maximum absolute atomic E-state index is 14.4. The average molecular weight is 371 g/mol. The predicted octanol–water partition coefficient (Wildman–Crippen LogP) is 4.09. The molecular weight excluding hydrogens is 354 g/mol. The lowest BCUT2D eigenvalue weighted by molar-refractivity contribution is 0.00578. The third-order valence-corrected chi connectivity index (χ3v) is 4.51. The minimum absolute atomic E-state index is 0.000965. The lowest BCUT2D eigenvalue weighted by atomic mass is 9.86. The Morgan fingerprint density at radius 3 is 2.32 bits per heavy atom. The molecule has 0 unspecified atom stereocenters. The molecular formula is C15H17BBrFO4. The van der Waals surface area contributed by atoms with Crippen molar-refractivity contribution < 1.29 is 23.6 Å². The summed E-state index contributed by atoms with van der Waals surface area (Å²) in [4.78, 5) is 11.2. The molecule has 2 rings (SSSR count). The van der Waals surface area contributed by atoms with E-state index in [2.05, 4.69) is 15.9 Å². The van der Waals surface area contributed by atoms with Gasteiger partial charge in [-0.25, -0.2) is 9.18 Å². The van der Waals surface area contributed by atoms with Gasteiger partial charge >= 0.3 is 13.1 Å². The molecule has 1 heterocycles. The van der Waals surface area contributed by atoms with Gasteiger partial charge in [0.2, 0.25) is 0 Å². The van der Waals surface area contributed by atoms with E-state index in [-0.39, 0.29) is 11.1 Å². The molecule has 4 nitrogen and oxygen atoms in total. The molecule has 1 N–H and O–H groups in total. The highest BCUT2D eigenvalue weighted by Gasteiger charge is 2.53. The maximum atomic E-state index is 14.4. The fourth-order valence-corrected chi connectivity index (χ4v) is 2.37. The molecule has 0 spiro atoms. The van der Waals surface area contributed by atoms with Gasteiger partial charge in [0.05, 0.1) is 16.8 Å². The Balaban J connectivity index is 2.33. The van der Waals surface area contributed by atoms with Crippen molar-refractivity contribution in [2.75, 3.05) is 0 Å². The summed E-state index contributed by atoms with van der Waals surface area (Å²) < 4.78 is 26.2. The number of aromatic carboxylic acids is 1. The predicted molar refractivity (Wildman–Crippen MR) is 86.3 cm³/mol. The Labute approximate surface area is 137 Å². The van der Waals surface area contributed by atoms with E-state index < -0.39 is 30.0 Å². The molecule has 0 bridgehead atoms. The van der Waals surface area contributed by atoms with Crippen LogP contribution in [0.1, 0.15) is 43.6 Å². The van der Waals surface area contributed by atoms with Crippen LogP contribution < -0.4 is 0 Å². The Morgan fingerprint density at radius 2 is 1.82 bits per heavy atom. The number of benzene rings is 1. The minimum Gasteiger partial charge on any atom is -0.478 e. The second-order valence-electron chi connectivity index (χ2n) is 6.15. The van der Waals surface area contributed by atoms with Crippen LogP contribution in [-0.4, -0.2) is 29.4 Å². The van der Waals surface area contributed by atoms with Crippen LogP contribution in [0.5, 0.6) is 0 Å². The highest BCUT2D eigenvalue weighted by molar-refractivity contribution is 9.10. The number of carboxylic acid groups (broad SMARTS) is 1. The molecule has 0 aliphatic carbocycles. The maximum Gasteiger partial charge on any atom is 0.525 e. The molecule has 1 aliphatic heterocycles. The monoisotopic (exact) mass is 370 g/mol. The van der Waals surface area contributed by atoms with E-state index in [1.54, 1.807) is 6.07 Å². The SMILES string of the molecule is CC1(C)OB(C(F)=Cc2ccc(Br)cc2C(=O)O)OC1(C)C. The summed E-state index contributed by atoms with van der Waals surface area (Å²) in [5, 5.41) is 9.20. The highest BCUT2D eigenvalue weighted by atomic mass is 79.9. The fourth-order valence-electron chi connectivity index (χ4n) is 2.01. The Morgan fingerprint density at radius 1 is 1.27 bits per heavy atom. The fraction of sp³-hybridized carbons (Fsp3) is 0.400. The Hall–Kier alpha value is -1.18. The number of carbonyl (C=O) groups is 1. The molecule has 0 radical (unpaired) electrons. The van der Waals surface area contributed by atoms with Gasteiger partial charge in [0.1, 0.15) is 5.73 Å². The summed E-state index contributed by atoms with van der Waals surface area (Å²) in [6.45, 7) is 7.29. The molecule has 0 amide bonds. The molecule has 1 fully saturated rings. The van der Waals surface area contributed by atoms with Gasteiger partial charge in [0, 0.05) is 4.47 Å². The van der Waals surface area contributed by atoms with Gasteiger partial charge < -0.3 is 14.4 Å². The van der Waals surface area contributed by atoms with Crippen LogP contribution in [0.25, 0.3) is 6.08 Å². The van der Waals surface area contributed by atoms with E-state index in [0.29, 0.717) is 4.47 Å². The number of hydrogen-bond donors (Lipinski definition) is 1. The zero-order chi connectivity index (χ0) is 16.7. The molecule has 1 saturated heterocycles. The summed E-state index contributed by atoms with van der Waals surface area (Å²) >= 11 is 3.20. The van der Waals surface area contributed by atoms with E-state index in [4.69, 9.17) is 9.31 Å².